The molecule has 1 aromatic heterocycles. The van der Waals surface area contributed by atoms with Gasteiger partial charge in [-0.05, 0) is 40.9 Å². The molecule has 0 spiro atoms. The van der Waals surface area contributed by atoms with Crippen LogP contribution in [0.1, 0.15) is 19.3 Å². The van der Waals surface area contributed by atoms with Crippen molar-refractivity contribution in [1.29, 1.82) is 0 Å². The number of alkyl halides is 1. The van der Waals surface area contributed by atoms with Crippen LogP contribution < -0.4 is 4.90 Å². The molecule has 1 saturated heterocycles. The molecule has 1 fully saturated rings. The predicted molar refractivity (Wildman–Crippen MR) is 85.3 cm³/mol. The van der Waals surface area contributed by atoms with Crippen molar-refractivity contribution in [3.8, 4) is 0 Å². The predicted octanol–water partition coefficient (Wildman–Crippen LogP) is 2.90. The fourth-order valence-corrected chi connectivity index (χ4v) is 2.69. The molecule has 20 heavy (non-hydrogen) atoms. The molecule has 1 aliphatic heterocycles. The van der Waals surface area contributed by atoms with Gasteiger partial charge in [0.25, 0.3) is 0 Å². The number of amides is 1. The van der Waals surface area contributed by atoms with Crippen molar-refractivity contribution in [2.75, 3.05) is 37.0 Å². The zero-order chi connectivity index (χ0) is 14.4. The largest absolute Gasteiger partial charge is 0.353 e. The van der Waals surface area contributed by atoms with Crippen LogP contribution in [0.2, 0.25) is 0 Å². The highest BCUT2D eigenvalue weighted by Crippen LogP contribution is 2.17. The molecular formula is C14H19BrClN3O. The summed E-state index contributed by atoms with van der Waals surface area (Å²) in [5.41, 5.74) is 0. The number of pyridine rings is 1. The van der Waals surface area contributed by atoms with E-state index in [9.17, 15) is 4.79 Å². The van der Waals surface area contributed by atoms with E-state index in [2.05, 4.69) is 25.8 Å². The van der Waals surface area contributed by atoms with Gasteiger partial charge in [0.15, 0.2) is 0 Å². The number of carbonyl (C=O) groups excluding carboxylic acids is 1. The first kappa shape index (κ1) is 15.6. The Bertz CT molecular complexity index is 433. The summed E-state index contributed by atoms with van der Waals surface area (Å²) in [6.07, 6.45) is 4.22. The summed E-state index contributed by atoms with van der Waals surface area (Å²) >= 11 is 9.01. The fourth-order valence-electron chi connectivity index (χ4n) is 2.27. The van der Waals surface area contributed by atoms with Crippen LogP contribution in [0.5, 0.6) is 0 Å². The Morgan fingerprint density at radius 1 is 1.25 bits per heavy atom. The van der Waals surface area contributed by atoms with Gasteiger partial charge in [0.05, 0.1) is 0 Å². The second kappa shape index (κ2) is 7.84. The minimum Gasteiger partial charge on any atom is -0.353 e. The van der Waals surface area contributed by atoms with E-state index >= 15 is 0 Å². The number of piperazine rings is 1. The van der Waals surface area contributed by atoms with Crippen molar-refractivity contribution in [3.05, 3.63) is 22.8 Å². The Labute approximate surface area is 133 Å². The van der Waals surface area contributed by atoms with Crippen LogP contribution in [0.25, 0.3) is 0 Å². The van der Waals surface area contributed by atoms with Gasteiger partial charge < -0.3 is 9.80 Å². The molecule has 0 unspecified atom stereocenters. The summed E-state index contributed by atoms with van der Waals surface area (Å²) in [5.74, 6) is 1.86. The van der Waals surface area contributed by atoms with Crippen LogP contribution in [-0.4, -0.2) is 47.9 Å². The molecule has 1 amide bonds. The standard InChI is InChI=1S/C14H19BrClN3O/c15-12-4-5-13(17-11-12)18-7-9-19(10-8-18)14(20)3-1-2-6-16/h4-5,11H,1-3,6-10H2. The van der Waals surface area contributed by atoms with E-state index in [1.165, 1.54) is 0 Å². The highest BCUT2D eigenvalue weighted by Gasteiger charge is 2.21. The highest BCUT2D eigenvalue weighted by atomic mass is 79.9. The zero-order valence-corrected chi connectivity index (χ0v) is 13.7. The summed E-state index contributed by atoms with van der Waals surface area (Å²) in [4.78, 5) is 20.6. The molecular weight excluding hydrogens is 342 g/mol. The van der Waals surface area contributed by atoms with Crippen molar-refractivity contribution in [3.63, 3.8) is 0 Å². The van der Waals surface area contributed by atoms with Gasteiger partial charge in [-0.2, -0.15) is 0 Å². The van der Waals surface area contributed by atoms with E-state index in [4.69, 9.17) is 11.6 Å². The lowest BCUT2D eigenvalue weighted by atomic mass is 10.2. The normalized spacial score (nSPS) is 15.5. The Morgan fingerprint density at radius 3 is 2.60 bits per heavy atom. The highest BCUT2D eigenvalue weighted by molar-refractivity contribution is 9.10. The second-order valence-corrected chi connectivity index (χ2v) is 6.14. The van der Waals surface area contributed by atoms with Crippen LogP contribution >= 0.6 is 27.5 Å². The van der Waals surface area contributed by atoms with Crippen molar-refractivity contribution in [2.24, 2.45) is 0 Å². The summed E-state index contributed by atoms with van der Waals surface area (Å²) in [6, 6.07) is 3.99. The molecule has 0 radical (unpaired) electrons. The lowest BCUT2D eigenvalue weighted by molar-refractivity contribution is -0.131. The zero-order valence-electron chi connectivity index (χ0n) is 11.4. The first-order valence-electron chi connectivity index (χ1n) is 6.91. The van der Waals surface area contributed by atoms with Crippen LogP contribution in [0.3, 0.4) is 0 Å². The van der Waals surface area contributed by atoms with Gasteiger partial charge in [-0.1, -0.05) is 0 Å². The number of carbonyl (C=O) groups is 1. The number of anilines is 1. The van der Waals surface area contributed by atoms with Crippen LogP contribution in [0.4, 0.5) is 5.82 Å². The van der Waals surface area contributed by atoms with E-state index in [1.54, 1.807) is 6.20 Å². The third kappa shape index (κ3) is 4.35. The van der Waals surface area contributed by atoms with Crippen LogP contribution in [0.15, 0.2) is 22.8 Å². The summed E-state index contributed by atoms with van der Waals surface area (Å²) < 4.78 is 0.981. The lowest BCUT2D eigenvalue weighted by Crippen LogP contribution is -2.49. The van der Waals surface area contributed by atoms with Gasteiger partial charge in [0.2, 0.25) is 5.91 Å². The molecule has 2 heterocycles. The number of hydrogen-bond acceptors (Lipinski definition) is 3. The average molecular weight is 361 g/mol. The molecule has 6 heteroatoms. The SMILES string of the molecule is O=C(CCCCCl)N1CCN(c2ccc(Br)cn2)CC1. The molecule has 0 N–H and O–H groups in total. The number of halogens is 2. The van der Waals surface area contributed by atoms with Gasteiger partial charge in [0.1, 0.15) is 5.82 Å². The first-order chi connectivity index (χ1) is 9.70. The topological polar surface area (TPSA) is 36.4 Å². The van der Waals surface area contributed by atoms with E-state index < -0.39 is 0 Å². The van der Waals surface area contributed by atoms with Gasteiger partial charge in [-0.3, -0.25) is 4.79 Å². The molecule has 0 saturated carbocycles. The summed E-state index contributed by atoms with van der Waals surface area (Å²) in [5, 5.41) is 0. The quantitative estimate of drug-likeness (QED) is 0.598. The van der Waals surface area contributed by atoms with Gasteiger partial charge in [-0.15, -0.1) is 11.6 Å². The molecule has 0 atom stereocenters. The maximum Gasteiger partial charge on any atom is 0.222 e. The molecule has 110 valence electrons. The number of hydrogen-bond donors (Lipinski definition) is 0. The molecule has 0 aromatic carbocycles. The third-order valence-electron chi connectivity index (χ3n) is 3.44. The monoisotopic (exact) mass is 359 g/mol. The Balaban J connectivity index is 1.80. The molecule has 1 aliphatic rings. The molecule has 0 bridgehead atoms. The van der Waals surface area contributed by atoms with Gasteiger partial charge >= 0.3 is 0 Å². The molecule has 2 rings (SSSR count). The van der Waals surface area contributed by atoms with E-state index in [0.29, 0.717) is 12.3 Å². The van der Waals surface area contributed by atoms with Crippen molar-refractivity contribution < 1.29 is 4.79 Å². The third-order valence-corrected chi connectivity index (χ3v) is 4.18. The van der Waals surface area contributed by atoms with Crippen molar-refractivity contribution >= 4 is 39.3 Å². The second-order valence-electron chi connectivity index (χ2n) is 4.85. The molecule has 1 aromatic rings. The Hall–Kier alpha value is -0.810. The number of aromatic nitrogens is 1. The Kier molecular flexibility index (Phi) is 6.10. The minimum atomic E-state index is 0.249. The van der Waals surface area contributed by atoms with Crippen molar-refractivity contribution in [1.82, 2.24) is 9.88 Å². The van der Waals surface area contributed by atoms with Crippen LogP contribution in [0, 0.1) is 0 Å². The molecule has 0 aliphatic carbocycles. The average Bonchev–Trinajstić information content (AvgIpc) is 2.48. The maximum atomic E-state index is 12.0. The maximum absolute atomic E-state index is 12.0. The summed E-state index contributed by atoms with van der Waals surface area (Å²) in [7, 11) is 0. The smallest absolute Gasteiger partial charge is 0.222 e. The number of rotatable bonds is 5. The lowest BCUT2D eigenvalue weighted by Gasteiger charge is -2.35. The van der Waals surface area contributed by atoms with Gasteiger partial charge in [-0.25, -0.2) is 4.98 Å². The van der Waals surface area contributed by atoms with Crippen molar-refractivity contribution in [2.45, 2.75) is 19.3 Å². The van der Waals surface area contributed by atoms with Crippen LogP contribution in [-0.2, 0) is 4.79 Å². The van der Waals surface area contributed by atoms with E-state index in [1.807, 2.05) is 17.0 Å². The minimum absolute atomic E-state index is 0.249. The summed E-state index contributed by atoms with van der Waals surface area (Å²) in [6.45, 7) is 3.24. The fraction of sp³-hybridized carbons (Fsp3) is 0.571. The number of nitrogens with zero attached hydrogens (tertiary/aromatic N) is 3. The Morgan fingerprint density at radius 2 is 2.00 bits per heavy atom. The van der Waals surface area contributed by atoms with E-state index in [0.717, 1.165) is 49.3 Å². The first-order valence-corrected chi connectivity index (χ1v) is 8.23. The number of unbranched alkanes of at least 4 members (excludes halogenated alkanes) is 1. The molecule has 4 nitrogen and oxygen atoms in total. The van der Waals surface area contributed by atoms with E-state index in [-0.39, 0.29) is 5.91 Å². The van der Waals surface area contributed by atoms with Gasteiger partial charge in [0, 0.05) is 49.1 Å².